The quantitative estimate of drug-likeness (QED) is 0.894. The van der Waals surface area contributed by atoms with Gasteiger partial charge in [0.1, 0.15) is 5.82 Å². The van der Waals surface area contributed by atoms with Crippen LogP contribution in [0.4, 0.5) is 4.39 Å². The molecule has 1 nitrogen and oxygen atoms in total. The number of benzene rings is 1. The fourth-order valence-corrected chi connectivity index (χ4v) is 1.63. The Morgan fingerprint density at radius 2 is 2.00 bits per heavy atom. The summed E-state index contributed by atoms with van der Waals surface area (Å²) in [5, 5.41) is 0. The number of hydrogen-bond donors (Lipinski definition) is 1. The lowest BCUT2D eigenvalue weighted by molar-refractivity contribution is 0.507. The maximum Gasteiger partial charge on any atom is 0.137 e. The van der Waals surface area contributed by atoms with E-state index < -0.39 is 0 Å². The Morgan fingerprint density at radius 1 is 1.40 bits per heavy atom. The first kappa shape index (κ1) is 14.9. The highest BCUT2D eigenvalue weighted by Crippen LogP contribution is 2.23. The second-order valence-electron chi connectivity index (χ2n) is 3.91. The first-order valence-corrected chi connectivity index (χ1v) is 5.50. The molecular formula is C11H16BrClFN. The number of halogens is 3. The SMILES string of the molecule is CC(C)C[C@@H](N)c1ccc(Br)c(F)c1.Cl. The Labute approximate surface area is 105 Å². The second kappa shape index (κ2) is 6.46. The third kappa shape index (κ3) is 4.49. The molecule has 1 aromatic rings. The van der Waals surface area contributed by atoms with Crippen LogP contribution in [0, 0.1) is 11.7 Å². The summed E-state index contributed by atoms with van der Waals surface area (Å²) in [6.45, 7) is 4.21. The average molecular weight is 297 g/mol. The van der Waals surface area contributed by atoms with Gasteiger partial charge in [0.05, 0.1) is 4.47 Å². The molecule has 0 aliphatic rings. The Hall–Kier alpha value is -0.120. The molecule has 1 rings (SSSR count). The summed E-state index contributed by atoms with van der Waals surface area (Å²) >= 11 is 3.11. The predicted octanol–water partition coefficient (Wildman–Crippen LogP) is 4.06. The summed E-state index contributed by atoms with van der Waals surface area (Å²) in [6.07, 6.45) is 0.876. The minimum absolute atomic E-state index is 0. The third-order valence-electron chi connectivity index (χ3n) is 2.10. The van der Waals surface area contributed by atoms with Crippen LogP contribution in [0.3, 0.4) is 0 Å². The van der Waals surface area contributed by atoms with Gasteiger partial charge >= 0.3 is 0 Å². The molecule has 0 radical (unpaired) electrons. The number of nitrogens with two attached hydrogens (primary N) is 1. The van der Waals surface area contributed by atoms with Crippen molar-refractivity contribution in [3.05, 3.63) is 34.1 Å². The highest BCUT2D eigenvalue weighted by atomic mass is 79.9. The summed E-state index contributed by atoms with van der Waals surface area (Å²) in [7, 11) is 0. The molecule has 0 fully saturated rings. The second-order valence-corrected chi connectivity index (χ2v) is 4.76. The van der Waals surface area contributed by atoms with E-state index in [9.17, 15) is 4.39 Å². The monoisotopic (exact) mass is 295 g/mol. The molecule has 0 saturated heterocycles. The van der Waals surface area contributed by atoms with Crippen LogP contribution in [0.15, 0.2) is 22.7 Å². The van der Waals surface area contributed by atoms with Crippen molar-refractivity contribution in [2.45, 2.75) is 26.3 Å². The molecule has 0 spiro atoms. The summed E-state index contributed by atoms with van der Waals surface area (Å²) in [6, 6.07) is 4.99. The molecule has 0 amide bonds. The van der Waals surface area contributed by atoms with E-state index in [0.29, 0.717) is 10.4 Å². The van der Waals surface area contributed by atoms with Crippen LogP contribution in [0.5, 0.6) is 0 Å². The van der Waals surface area contributed by atoms with Gasteiger partial charge in [0.25, 0.3) is 0 Å². The van der Waals surface area contributed by atoms with Gasteiger partial charge in [-0.1, -0.05) is 19.9 Å². The fourth-order valence-electron chi connectivity index (χ4n) is 1.39. The molecule has 0 unspecified atom stereocenters. The molecule has 2 N–H and O–H groups in total. The van der Waals surface area contributed by atoms with Crippen molar-refractivity contribution < 1.29 is 4.39 Å². The van der Waals surface area contributed by atoms with Crippen molar-refractivity contribution in [2.24, 2.45) is 11.7 Å². The Bertz CT molecular complexity index is 317. The lowest BCUT2D eigenvalue weighted by Crippen LogP contribution is -2.13. The van der Waals surface area contributed by atoms with E-state index in [4.69, 9.17) is 5.73 Å². The van der Waals surface area contributed by atoms with Gasteiger partial charge in [-0.05, 0) is 46.0 Å². The van der Waals surface area contributed by atoms with Gasteiger partial charge in [-0.25, -0.2) is 4.39 Å². The van der Waals surface area contributed by atoms with E-state index >= 15 is 0 Å². The molecule has 0 aliphatic heterocycles. The zero-order valence-electron chi connectivity index (χ0n) is 8.84. The van der Waals surface area contributed by atoms with Crippen molar-refractivity contribution in [3.63, 3.8) is 0 Å². The van der Waals surface area contributed by atoms with Crippen LogP contribution >= 0.6 is 28.3 Å². The Balaban J connectivity index is 0.00000196. The topological polar surface area (TPSA) is 26.0 Å². The van der Waals surface area contributed by atoms with Gasteiger partial charge < -0.3 is 5.73 Å². The van der Waals surface area contributed by atoms with Crippen LogP contribution in [0.25, 0.3) is 0 Å². The largest absolute Gasteiger partial charge is 0.324 e. The van der Waals surface area contributed by atoms with Crippen molar-refractivity contribution in [1.29, 1.82) is 0 Å². The van der Waals surface area contributed by atoms with Gasteiger partial charge in [0, 0.05) is 6.04 Å². The summed E-state index contributed by atoms with van der Waals surface area (Å²) in [4.78, 5) is 0. The first-order chi connectivity index (χ1) is 6.50. The normalized spacial score (nSPS) is 12.4. The molecule has 1 atom stereocenters. The van der Waals surface area contributed by atoms with E-state index in [-0.39, 0.29) is 24.3 Å². The van der Waals surface area contributed by atoms with Crippen LogP contribution < -0.4 is 5.73 Å². The molecular weight excluding hydrogens is 280 g/mol. The minimum Gasteiger partial charge on any atom is -0.324 e. The average Bonchev–Trinajstić information content (AvgIpc) is 2.08. The zero-order valence-corrected chi connectivity index (χ0v) is 11.2. The standard InChI is InChI=1S/C11H15BrFN.ClH/c1-7(2)5-11(14)8-3-4-9(12)10(13)6-8;/h3-4,6-7,11H,5,14H2,1-2H3;1H/t11-;/m1./s1. The van der Waals surface area contributed by atoms with E-state index in [1.807, 2.05) is 6.07 Å². The van der Waals surface area contributed by atoms with Gasteiger partial charge in [-0.2, -0.15) is 0 Å². The summed E-state index contributed by atoms with van der Waals surface area (Å²) < 4.78 is 13.7. The maximum absolute atomic E-state index is 13.2. The van der Waals surface area contributed by atoms with E-state index in [1.165, 1.54) is 6.07 Å². The summed E-state index contributed by atoms with van der Waals surface area (Å²) in [5.74, 6) is 0.276. The van der Waals surface area contributed by atoms with Crippen molar-refractivity contribution in [3.8, 4) is 0 Å². The third-order valence-corrected chi connectivity index (χ3v) is 2.74. The van der Waals surface area contributed by atoms with Crippen LogP contribution in [-0.4, -0.2) is 0 Å². The zero-order chi connectivity index (χ0) is 10.7. The molecule has 0 aromatic heterocycles. The van der Waals surface area contributed by atoms with E-state index in [2.05, 4.69) is 29.8 Å². The Morgan fingerprint density at radius 3 is 2.47 bits per heavy atom. The molecule has 0 aliphatic carbocycles. The van der Waals surface area contributed by atoms with Gasteiger partial charge in [-0.15, -0.1) is 12.4 Å². The van der Waals surface area contributed by atoms with E-state index in [0.717, 1.165) is 12.0 Å². The molecule has 0 saturated carbocycles. The van der Waals surface area contributed by atoms with E-state index in [1.54, 1.807) is 6.07 Å². The lowest BCUT2D eigenvalue weighted by atomic mass is 9.98. The minimum atomic E-state index is -0.248. The van der Waals surface area contributed by atoms with Crippen molar-refractivity contribution >= 4 is 28.3 Å². The molecule has 1 aromatic carbocycles. The van der Waals surface area contributed by atoms with Crippen molar-refractivity contribution in [2.75, 3.05) is 0 Å². The van der Waals surface area contributed by atoms with Crippen LogP contribution in [0.1, 0.15) is 31.9 Å². The Kier molecular flexibility index (Phi) is 6.41. The van der Waals surface area contributed by atoms with Gasteiger partial charge in [0.2, 0.25) is 0 Å². The van der Waals surface area contributed by atoms with Crippen LogP contribution in [-0.2, 0) is 0 Å². The molecule has 86 valence electrons. The lowest BCUT2D eigenvalue weighted by Gasteiger charge is -2.14. The molecule has 15 heavy (non-hydrogen) atoms. The molecule has 4 heteroatoms. The number of rotatable bonds is 3. The highest BCUT2D eigenvalue weighted by molar-refractivity contribution is 9.10. The maximum atomic E-state index is 13.2. The fraction of sp³-hybridized carbons (Fsp3) is 0.455. The van der Waals surface area contributed by atoms with Crippen molar-refractivity contribution in [1.82, 2.24) is 0 Å². The van der Waals surface area contributed by atoms with Gasteiger partial charge in [0.15, 0.2) is 0 Å². The van der Waals surface area contributed by atoms with Crippen LogP contribution in [0.2, 0.25) is 0 Å². The van der Waals surface area contributed by atoms with Gasteiger partial charge in [-0.3, -0.25) is 0 Å². The highest BCUT2D eigenvalue weighted by Gasteiger charge is 2.10. The first-order valence-electron chi connectivity index (χ1n) is 4.71. The molecule has 0 bridgehead atoms. The number of hydrogen-bond acceptors (Lipinski definition) is 1. The molecule has 0 heterocycles. The summed E-state index contributed by atoms with van der Waals surface area (Å²) in [5.41, 5.74) is 6.79. The smallest absolute Gasteiger partial charge is 0.137 e. The predicted molar refractivity (Wildman–Crippen MR) is 67.7 cm³/mol.